The molecule has 2 aromatic carbocycles. The molecule has 0 heterocycles. The summed E-state index contributed by atoms with van der Waals surface area (Å²) in [6, 6.07) is 10.3. The largest absolute Gasteiger partial charge is 0.495 e. The number of carbonyl (C=O) groups is 2. The van der Waals surface area contributed by atoms with E-state index in [1.807, 2.05) is 0 Å². The normalized spacial score (nSPS) is 11.4. The number of nitrogens with zero attached hydrogens (tertiary/aromatic N) is 1. The summed E-state index contributed by atoms with van der Waals surface area (Å²) in [5, 5.41) is 3.04. The van der Waals surface area contributed by atoms with E-state index in [2.05, 4.69) is 5.32 Å². The van der Waals surface area contributed by atoms with Crippen LogP contribution in [0.4, 0.5) is 18.9 Å². The first-order chi connectivity index (χ1) is 14.1. The van der Waals surface area contributed by atoms with E-state index in [4.69, 9.17) is 16.3 Å². The lowest BCUT2D eigenvalue weighted by Crippen LogP contribution is -2.33. The molecule has 2 aromatic rings. The third kappa shape index (κ3) is 7.64. The van der Waals surface area contributed by atoms with E-state index in [-0.39, 0.29) is 23.2 Å². The van der Waals surface area contributed by atoms with Crippen molar-refractivity contribution in [2.24, 2.45) is 0 Å². The molecule has 0 radical (unpaired) electrons. The van der Waals surface area contributed by atoms with Gasteiger partial charge in [-0.25, -0.2) is 0 Å². The lowest BCUT2D eigenvalue weighted by Gasteiger charge is -2.16. The molecule has 5 nitrogen and oxygen atoms in total. The van der Waals surface area contributed by atoms with Gasteiger partial charge in [-0.1, -0.05) is 23.7 Å². The van der Waals surface area contributed by atoms with Crippen LogP contribution < -0.4 is 10.1 Å². The zero-order chi connectivity index (χ0) is 22.3. The van der Waals surface area contributed by atoms with Crippen molar-refractivity contribution in [3.63, 3.8) is 0 Å². The fraction of sp³-hybridized carbons (Fsp3) is 0.200. The van der Waals surface area contributed by atoms with Gasteiger partial charge >= 0.3 is 5.51 Å². The fourth-order valence-corrected chi connectivity index (χ4v) is 3.05. The van der Waals surface area contributed by atoms with E-state index in [0.29, 0.717) is 22.0 Å². The van der Waals surface area contributed by atoms with E-state index in [1.54, 1.807) is 12.1 Å². The first-order valence-electron chi connectivity index (χ1n) is 8.50. The number of carbonyl (C=O) groups excluding carboxylic acids is 2. The summed E-state index contributed by atoms with van der Waals surface area (Å²) in [6.07, 6.45) is 2.69. The number of benzene rings is 2. The summed E-state index contributed by atoms with van der Waals surface area (Å²) in [5.41, 5.74) is -3.43. The Hall–Kier alpha value is -2.65. The Bertz CT molecular complexity index is 934. The molecular weight excluding hydrogens is 441 g/mol. The average molecular weight is 459 g/mol. The van der Waals surface area contributed by atoms with Crippen molar-refractivity contribution < 1.29 is 27.5 Å². The number of alkyl halides is 3. The second-order valence-electron chi connectivity index (χ2n) is 6.04. The van der Waals surface area contributed by atoms with Crippen LogP contribution in [0.2, 0.25) is 5.02 Å². The van der Waals surface area contributed by atoms with Gasteiger partial charge in [0.25, 0.3) is 0 Å². The van der Waals surface area contributed by atoms with E-state index in [9.17, 15) is 22.8 Å². The summed E-state index contributed by atoms with van der Waals surface area (Å²) >= 11 is 5.71. The number of amides is 2. The quantitative estimate of drug-likeness (QED) is 0.465. The number of thioether (sulfide) groups is 1. The van der Waals surface area contributed by atoms with Crippen molar-refractivity contribution >= 4 is 46.9 Å². The molecule has 0 aliphatic rings. The zero-order valence-electron chi connectivity index (χ0n) is 16.0. The minimum atomic E-state index is -4.36. The van der Waals surface area contributed by atoms with Crippen LogP contribution in [0.5, 0.6) is 5.75 Å². The molecule has 0 aliphatic heterocycles. The number of anilines is 1. The number of likely N-dealkylation sites (N-methyl/N-ethyl adjacent to an activating group) is 1. The van der Waals surface area contributed by atoms with Gasteiger partial charge in [-0.05, 0) is 53.7 Å². The maximum Gasteiger partial charge on any atom is 0.446 e. The van der Waals surface area contributed by atoms with Gasteiger partial charge in [-0.3, -0.25) is 9.59 Å². The van der Waals surface area contributed by atoms with Crippen LogP contribution in [0.1, 0.15) is 5.56 Å². The Labute approximate surface area is 180 Å². The number of nitrogens with one attached hydrogen (secondary N) is 1. The molecule has 0 spiro atoms. The molecule has 0 saturated carbocycles. The van der Waals surface area contributed by atoms with Gasteiger partial charge in [0.15, 0.2) is 0 Å². The number of methoxy groups -OCH3 is 1. The van der Waals surface area contributed by atoms with Gasteiger partial charge in [0.2, 0.25) is 11.8 Å². The topological polar surface area (TPSA) is 58.6 Å². The predicted octanol–water partition coefficient (Wildman–Crippen LogP) is 5.07. The van der Waals surface area contributed by atoms with Gasteiger partial charge in [0.1, 0.15) is 5.75 Å². The van der Waals surface area contributed by atoms with Crippen LogP contribution in [0.3, 0.4) is 0 Å². The highest BCUT2D eigenvalue weighted by atomic mass is 35.5. The molecule has 0 atom stereocenters. The molecule has 0 saturated heterocycles. The van der Waals surface area contributed by atoms with E-state index in [0.717, 1.165) is 0 Å². The molecule has 0 aliphatic carbocycles. The highest BCUT2D eigenvalue weighted by Gasteiger charge is 2.28. The third-order valence-corrected chi connectivity index (χ3v) is 4.70. The van der Waals surface area contributed by atoms with Gasteiger partial charge < -0.3 is 15.0 Å². The molecule has 2 amide bonds. The maximum absolute atomic E-state index is 12.3. The number of rotatable bonds is 7. The van der Waals surface area contributed by atoms with Gasteiger partial charge in [0, 0.05) is 23.0 Å². The minimum absolute atomic E-state index is 0.0520. The number of hydrogen-bond donors (Lipinski definition) is 1. The number of halogens is 4. The summed E-state index contributed by atoms with van der Waals surface area (Å²) < 4.78 is 42.2. The summed E-state index contributed by atoms with van der Waals surface area (Å²) in [5.74, 6) is -0.473. The van der Waals surface area contributed by atoms with Crippen LogP contribution in [-0.2, 0) is 9.59 Å². The number of ether oxygens (including phenoxy) is 1. The molecule has 0 fully saturated rings. The first kappa shape index (κ1) is 23.6. The van der Waals surface area contributed by atoms with Gasteiger partial charge in [-0.15, -0.1) is 0 Å². The Morgan fingerprint density at radius 2 is 1.87 bits per heavy atom. The molecule has 10 heteroatoms. The highest BCUT2D eigenvalue weighted by molar-refractivity contribution is 8.00. The molecule has 0 bridgehead atoms. The molecule has 30 heavy (non-hydrogen) atoms. The van der Waals surface area contributed by atoms with Crippen molar-refractivity contribution in [3.8, 4) is 5.75 Å². The fourth-order valence-electron chi connectivity index (χ4n) is 2.34. The Morgan fingerprint density at radius 3 is 2.47 bits per heavy atom. The summed E-state index contributed by atoms with van der Waals surface area (Å²) in [4.78, 5) is 25.7. The Kier molecular flexibility index (Phi) is 8.19. The first-order valence-corrected chi connectivity index (χ1v) is 9.69. The van der Waals surface area contributed by atoms with E-state index < -0.39 is 17.3 Å². The van der Waals surface area contributed by atoms with Crippen molar-refractivity contribution in [1.82, 2.24) is 4.90 Å². The lowest BCUT2D eigenvalue weighted by molar-refractivity contribution is -0.129. The van der Waals surface area contributed by atoms with Crippen LogP contribution in [0.15, 0.2) is 53.4 Å². The number of hydrogen-bond acceptors (Lipinski definition) is 4. The maximum atomic E-state index is 12.3. The van der Waals surface area contributed by atoms with Crippen molar-refractivity contribution in [2.45, 2.75) is 10.4 Å². The second-order valence-corrected chi connectivity index (χ2v) is 7.61. The minimum Gasteiger partial charge on any atom is -0.495 e. The smallest absolute Gasteiger partial charge is 0.446 e. The molecular formula is C20H18ClF3N2O3S. The molecule has 1 N–H and O–H groups in total. The summed E-state index contributed by atoms with van der Waals surface area (Å²) in [6.45, 7) is -0.222. The third-order valence-electron chi connectivity index (χ3n) is 3.72. The molecule has 2 rings (SSSR count). The van der Waals surface area contributed by atoms with Gasteiger partial charge in [0.05, 0.1) is 19.3 Å². The SMILES string of the molecule is COc1ccc(Cl)cc1NC(=O)CN(C)C(=O)/C=C/c1ccc(SC(F)(F)F)cc1. The molecule has 0 unspecified atom stereocenters. The predicted molar refractivity (Wildman–Crippen MR) is 112 cm³/mol. The monoisotopic (exact) mass is 458 g/mol. The van der Waals surface area contributed by atoms with Gasteiger partial charge in [-0.2, -0.15) is 13.2 Å². The van der Waals surface area contributed by atoms with Crippen LogP contribution >= 0.6 is 23.4 Å². The van der Waals surface area contributed by atoms with Crippen LogP contribution in [-0.4, -0.2) is 42.9 Å². The van der Waals surface area contributed by atoms with Crippen molar-refractivity contribution in [3.05, 3.63) is 59.1 Å². The van der Waals surface area contributed by atoms with E-state index in [1.165, 1.54) is 61.5 Å². The second kappa shape index (κ2) is 10.4. The van der Waals surface area contributed by atoms with Crippen molar-refractivity contribution in [1.29, 1.82) is 0 Å². The molecule has 160 valence electrons. The van der Waals surface area contributed by atoms with Crippen LogP contribution in [0, 0.1) is 0 Å². The highest BCUT2D eigenvalue weighted by Crippen LogP contribution is 2.36. The lowest BCUT2D eigenvalue weighted by atomic mass is 10.2. The van der Waals surface area contributed by atoms with Crippen molar-refractivity contribution in [2.75, 3.05) is 26.0 Å². The van der Waals surface area contributed by atoms with E-state index >= 15 is 0 Å². The Morgan fingerprint density at radius 1 is 1.20 bits per heavy atom. The summed E-state index contributed by atoms with van der Waals surface area (Å²) in [7, 11) is 2.90. The Balaban J connectivity index is 1.92. The standard InChI is InChI=1S/C20H18ClF3N2O3S/c1-26(12-18(27)25-16-11-14(21)6-9-17(16)29-2)19(28)10-5-13-3-7-15(8-4-13)30-20(22,23)24/h3-11H,12H2,1-2H3,(H,25,27)/b10-5+. The zero-order valence-corrected chi connectivity index (χ0v) is 17.6. The molecule has 0 aromatic heterocycles. The van der Waals surface area contributed by atoms with Crippen LogP contribution in [0.25, 0.3) is 6.08 Å². The average Bonchev–Trinajstić information content (AvgIpc) is 2.66.